The summed E-state index contributed by atoms with van der Waals surface area (Å²) in [7, 11) is -5.16. The van der Waals surface area contributed by atoms with E-state index in [4.69, 9.17) is 25.8 Å². The number of amides is 1. The monoisotopic (exact) mass is 595 g/mol. The zero-order valence-electron chi connectivity index (χ0n) is 21.0. The molecule has 1 aliphatic heterocycles. The zero-order chi connectivity index (χ0) is 28.2. The molecule has 208 valence electrons. The molecular weight excluding hydrogens is 570 g/mol. The predicted molar refractivity (Wildman–Crippen MR) is 146 cm³/mol. The van der Waals surface area contributed by atoms with Crippen molar-refractivity contribution >= 4 is 48.9 Å². The van der Waals surface area contributed by atoms with Crippen LogP contribution in [0.5, 0.6) is 11.5 Å². The molecule has 0 aliphatic carbocycles. The van der Waals surface area contributed by atoms with Crippen LogP contribution in [0.15, 0.2) is 70.5 Å². The third kappa shape index (κ3) is 6.28. The lowest BCUT2D eigenvalue weighted by Gasteiger charge is -2.26. The van der Waals surface area contributed by atoms with Gasteiger partial charge in [-0.05, 0) is 42.5 Å². The number of hydrogen-bond acceptors (Lipinski definition) is 8. The van der Waals surface area contributed by atoms with Gasteiger partial charge in [0, 0.05) is 19.2 Å². The SMILES string of the molecule is COc1ccc(S(=O)(=O)Nc2ccccc2C(=O)Nc2cc(S(=O)(=O)N3CCOCC3)ccc2Cl)cc1OC. The first-order valence-corrected chi connectivity index (χ1v) is 14.9. The second kappa shape index (κ2) is 11.8. The average molecular weight is 596 g/mol. The summed E-state index contributed by atoms with van der Waals surface area (Å²) < 4.78 is 71.6. The van der Waals surface area contributed by atoms with Crippen molar-refractivity contribution in [3.63, 3.8) is 0 Å². The predicted octanol–water partition coefficient (Wildman–Crippen LogP) is 3.43. The number of rotatable bonds is 9. The number of benzene rings is 3. The van der Waals surface area contributed by atoms with E-state index in [0.717, 1.165) is 0 Å². The Bertz CT molecular complexity index is 1590. The van der Waals surface area contributed by atoms with Crippen molar-refractivity contribution in [3.05, 3.63) is 71.2 Å². The Morgan fingerprint density at radius 2 is 1.54 bits per heavy atom. The van der Waals surface area contributed by atoms with E-state index in [1.165, 1.54) is 67.1 Å². The zero-order valence-corrected chi connectivity index (χ0v) is 23.4. The number of ether oxygens (including phenoxy) is 3. The Hall–Kier alpha value is -3.36. The number of carbonyl (C=O) groups is 1. The molecule has 11 nitrogen and oxygen atoms in total. The number of nitrogens with zero attached hydrogens (tertiary/aromatic N) is 1. The number of sulfonamides is 2. The van der Waals surface area contributed by atoms with E-state index in [-0.39, 0.29) is 63.8 Å². The first-order valence-electron chi connectivity index (χ1n) is 11.6. The maximum atomic E-state index is 13.2. The average Bonchev–Trinajstić information content (AvgIpc) is 2.94. The van der Waals surface area contributed by atoms with Gasteiger partial charge < -0.3 is 19.5 Å². The van der Waals surface area contributed by atoms with Crippen molar-refractivity contribution in [1.82, 2.24) is 4.31 Å². The van der Waals surface area contributed by atoms with Crippen LogP contribution in [0.4, 0.5) is 11.4 Å². The normalized spacial score (nSPS) is 14.4. The molecule has 3 aromatic rings. The molecule has 1 heterocycles. The Morgan fingerprint density at radius 1 is 0.872 bits per heavy atom. The van der Waals surface area contributed by atoms with Gasteiger partial charge in [0.25, 0.3) is 15.9 Å². The van der Waals surface area contributed by atoms with Gasteiger partial charge in [-0.2, -0.15) is 4.31 Å². The van der Waals surface area contributed by atoms with Gasteiger partial charge in [-0.1, -0.05) is 23.7 Å². The molecule has 2 N–H and O–H groups in total. The maximum Gasteiger partial charge on any atom is 0.262 e. The third-order valence-corrected chi connectivity index (χ3v) is 9.46. The number of morpholine rings is 1. The first kappa shape index (κ1) is 28.6. The van der Waals surface area contributed by atoms with Crippen molar-refractivity contribution < 1.29 is 35.8 Å². The highest BCUT2D eigenvalue weighted by molar-refractivity contribution is 7.92. The summed E-state index contributed by atoms with van der Waals surface area (Å²) in [5.41, 5.74) is 0.0330. The van der Waals surface area contributed by atoms with Gasteiger partial charge in [0.2, 0.25) is 10.0 Å². The van der Waals surface area contributed by atoms with Gasteiger partial charge >= 0.3 is 0 Å². The smallest absolute Gasteiger partial charge is 0.262 e. The lowest BCUT2D eigenvalue weighted by Crippen LogP contribution is -2.40. The number of methoxy groups -OCH3 is 2. The molecule has 0 spiro atoms. The number of hydrogen-bond donors (Lipinski definition) is 2. The van der Waals surface area contributed by atoms with Crippen LogP contribution >= 0.6 is 11.6 Å². The van der Waals surface area contributed by atoms with E-state index in [9.17, 15) is 21.6 Å². The minimum atomic E-state index is -4.13. The molecule has 39 heavy (non-hydrogen) atoms. The number of anilines is 2. The van der Waals surface area contributed by atoms with Gasteiger partial charge in [0.15, 0.2) is 11.5 Å². The minimum Gasteiger partial charge on any atom is -0.493 e. The van der Waals surface area contributed by atoms with Gasteiger partial charge in [0.1, 0.15) is 0 Å². The Kier molecular flexibility index (Phi) is 8.67. The van der Waals surface area contributed by atoms with Crippen molar-refractivity contribution in [2.75, 3.05) is 50.6 Å². The molecule has 0 atom stereocenters. The molecule has 1 aliphatic rings. The van der Waals surface area contributed by atoms with E-state index in [1.807, 2.05) is 0 Å². The van der Waals surface area contributed by atoms with Crippen molar-refractivity contribution in [3.8, 4) is 11.5 Å². The molecule has 0 bridgehead atoms. The Labute approximate surface area is 231 Å². The summed E-state index contributed by atoms with van der Waals surface area (Å²) in [6.07, 6.45) is 0. The van der Waals surface area contributed by atoms with E-state index < -0.39 is 26.0 Å². The molecule has 0 radical (unpaired) electrons. The molecule has 1 fully saturated rings. The maximum absolute atomic E-state index is 13.2. The Morgan fingerprint density at radius 3 is 2.23 bits per heavy atom. The summed E-state index contributed by atoms with van der Waals surface area (Å²) in [4.78, 5) is 13.1. The number of nitrogens with one attached hydrogen (secondary N) is 2. The fourth-order valence-corrected chi connectivity index (χ4v) is 6.54. The Balaban J connectivity index is 1.60. The van der Waals surface area contributed by atoms with Crippen molar-refractivity contribution in [2.24, 2.45) is 0 Å². The second-order valence-electron chi connectivity index (χ2n) is 8.28. The first-order chi connectivity index (χ1) is 18.6. The highest BCUT2D eigenvalue weighted by atomic mass is 35.5. The van der Waals surface area contributed by atoms with Gasteiger partial charge in [-0.15, -0.1) is 0 Å². The van der Waals surface area contributed by atoms with Gasteiger partial charge in [0.05, 0.1) is 59.2 Å². The highest BCUT2D eigenvalue weighted by Crippen LogP contribution is 2.32. The number of halogens is 1. The van der Waals surface area contributed by atoms with Crippen LogP contribution in [0.25, 0.3) is 0 Å². The second-order valence-corrected chi connectivity index (χ2v) is 12.3. The van der Waals surface area contributed by atoms with Crippen LogP contribution in [0.3, 0.4) is 0 Å². The topological polar surface area (TPSA) is 140 Å². The summed E-state index contributed by atoms with van der Waals surface area (Å²) in [6.45, 7) is 0.985. The largest absolute Gasteiger partial charge is 0.493 e. The molecule has 1 saturated heterocycles. The van der Waals surface area contributed by atoms with Crippen LogP contribution in [0.1, 0.15) is 10.4 Å². The third-order valence-electron chi connectivity index (χ3n) is 5.88. The van der Waals surface area contributed by atoms with E-state index >= 15 is 0 Å². The molecule has 14 heteroatoms. The van der Waals surface area contributed by atoms with Crippen LogP contribution in [-0.4, -0.2) is 67.6 Å². The van der Waals surface area contributed by atoms with Gasteiger partial charge in [-0.3, -0.25) is 9.52 Å². The molecule has 3 aromatic carbocycles. The summed E-state index contributed by atoms with van der Waals surface area (Å²) in [5.74, 6) is -0.137. The fraction of sp³-hybridized carbons (Fsp3) is 0.240. The van der Waals surface area contributed by atoms with Crippen LogP contribution in [0, 0.1) is 0 Å². The van der Waals surface area contributed by atoms with E-state index in [2.05, 4.69) is 10.0 Å². The standard InChI is InChI=1S/C25H26ClN3O8S2/c1-35-23-10-8-17(16-24(23)36-2)38(31,32)28-21-6-4-3-5-19(21)25(30)27-22-15-18(7-9-20(22)26)39(33,34)29-11-13-37-14-12-29/h3-10,15-16,28H,11-14H2,1-2H3,(H,27,30). The molecular formula is C25H26ClN3O8S2. The minimum absolute atomic E-state index is 0.00185. The summed E-state index contributed by atoms with van der Waals surface area (Å²) in [5, 5.41) is 2.70. The van der Waals surface area contributed by atoms with Crippen LogP contribution in [-0.2, 0) is 24.8 Å². The molecule has 0 unspecified atom stereocenters. The lowest BCUT2D eigenvalue weighted by atomic mass is 10.1. The van der Waals surface area contributed by atoms with E-state index in [1.54, 1.807) is 12.1 Å². The van der Waals surface area contributed by atoms with Gasteiger partial charge in [-0.25, -0.2) is 16.8 Å². The van der Waals surface area contributed by atoms with Crippen LogP contribution in [0.2, 0.25) is 5.02 Å². The summed E-state index contributed by atoms with van der Waals surface area (Å²) >= 11 is 6.27. The lowest BCUT2D eigenvalue weighted by molar-refractivity contribution is 0.0730. The van der Waals surface area contributed by atoms with Crippen molar-refractivity contribution in [1.29, 1.82) is 0 Å². The molecule has 0 saturated carbocycles. The molecule has 4 rings (SSSR count). The fourth-order valence-electron chi connectivity index (χ4n) is 3.84. The van der Waals surface area contributed by atoms with E-state index in [0.29, 0.717) is 5.75 Å². The van der Waals surface area contributed by atoms with Crippen LogP contribution < -0.4 is 19.5 Å². The summed E-state index contributed by atoms with van der Waals surface area (Å²) in [6, 6.07) is 14.0. The quantitative estimate of drug-likeness (QED) is 0.383. The highest BCUT2D eigenvalue weighted by Gasteiger charge is 2.27. The number of para-hydroxylation sites is 1. The molecule has 1 amide bonds. The number of carbonyl (C=O) groups excluding carboxylic acids is 1. The van der Waals surface area contributed by atoms with Crippen molar-refractivity contribution in [2.45, 2.75) is 9.79 Å². The molecule has 0 aromatic heterocycles.